The maximum Gasteiger partial charge on any atom is 0.217 e. The summed E-state index contributed by atoms with van der Waals surface area (Å²) in [5, 5.41) is 224. The maximum atomic E-state index is 12.7. The van der Waals surface area contributed by atoms with Crippen LogP contribution in [0.1, 0.15) is 20.8 Å². The molecule has 0 bridgehead atoms. The summed E-state index contributed by atoms with van der Waals surface area (Å²) < 4.78 is 74.5. The second-order valence-electron chi connectivity index (χ2n) is 21.8. The van der Waals surface area contributed by atoms with Gasteiger partial charge in [0.2, 0.25) is 17.7 Å². The lowest BCUT2D eigenvalue weighted by Gasteiger charge is -2.51. The summed E-state index contributed by atoms with van der Waals surface area (Å²) >= 11 is 0. The van der Waals surface area contributed by atoms with Gasteiger partial charge in [0, 0.05) is 20.8 Å². The zero-order chi connectivity index (χ0) is 64.2. The number of carbonyl (C=O) groups is 3. The average molecular weight is 1280 g/mol. The van der Waals surface area contributed by atoms with E-state index in [1.807, 2.05) is 0 Å². The molecule has 7 aliphatic heterocycles. The molecule has 0 saturated carbocycles. The van der Waals surface area contributed by atoms with Crippen LogP contribution in [0.4, 0.5) is 0 Å². The number of nitrogens with one attached hydrogen (secondary N) is 3. The van der Waals surface area contributed by atoms with Gasteiger partial charge in [-0.05, 0) is 0 Å². The Kier molecular flexibility index (Phi) is 25.6. The van der Waals surface area contributed by atoms with E-state index < -0.39 is 279 Å². The number of aliphatic hydroxyl groups is 20. The molecule has 39 nitrogen and oxygen atoms in total. The molecule has 0 aromatic heterocycles. The van der Waals surface area contributed by atoms with Crippen LogP contribution in [0.25, 0.3) is 0 Å². The summed E-state index contributed by atoms with van der Waals surface area (Å²) in [7, 11) is 0. The van der Waals surface area contributed by atoms with Crippen molar-refractivity contribution in [2.45, 2.75) is 236 Å². The van der Waals surface area contributed by atoms with Crippen molar-refractivity contribution in [2.24, 2.45) is 0 Å². The van der Waals surface area contributed by atoms with Crippen molar-refractivity contribution in [2.75, 3.05) is 46.2 Å². The highest BCUT2D eigenvalue weighted by atomic mass is 16.8. The SMILES string of the molecule is CC(=O)N[C@H]1[C@H](O[C@H]2[C@@H](O)[C@@H](CO)O[C@@H](O[C@H]3[C@H](O)[C@@H](NC(C)=O)[C@H](O[C@H]4[C@@H](O)[C@@H](CO)O[C@@H](O[C@H]5[C@@H](O)[C@@H](CO)OC(O)[C@@H]5NC(C)=O)[C@@H]4O)O[C@@H]3CO)[C@@H]2O)O[C@H](CO)[C@@H](O[C@@H]2O[C@H](CO)[C@H](O)[C@H](O[C@@H]3O[C@H](CO)[C@H](O)[C@H](O)[C@H]3O)[C@H]2O)[C@@H]1O. The molecule has 7 saturated heterocycles. The van der Waals surface area contributed by atoms with Crippen molar-refractivity contribution in [3.05, 3.63) is 0 Å². The number of hydrogen-bond acceptors (Lipinski definition) is 36. The third-order valence-corrected chi connectivity index (χ3v) is 15.8. The maximum absolute atomic E-state index is 12.7. The molecule has 0 aromatic carbocycles. The summed E-state index contributed by atoms with van der Waals surface area (Å²) in [6.45, 7) is -4.05. The van der Waals surface area contributed by atoms with Crippen LogP contribution in [0, 0.1) is 0 Å². The van der Waals surface area contributed by atoms with Crippen molar-refractivity contribution in [1.82, 2.24) is 16.0 Å². The van der Waals surface area contributed by atoms with Crippen LogP contribution < -0.4 is 16.0 Å². The molecule has 504 valence electrons. The molecular formula is C48H81N3O36. The smallest absolute Gasteiger partial charge is 0.217 e. The lowest BCUT2D eigenvalue weighted by molar-refractivity contribution is -0.388. The molecule has 35 atom stereocenters. The molecule has 7 fully saturated rings. The number of ether oxygens (including phenoxy) is 13. The third-order valence-electron chi connectivity index (χ3n) is 15.8. The van der Waals surface area contributed by atoms with Gasteiger partial charge in [0.25, 0.3) is 0 Å². The summed E-state index contributed by atoms with van der Waals surface area (Å²) in [5.74, 6) is -2.54. The normalized spacial score (nSPS) is 48.9. The molecule has 3 amide bonds. The van der Waals surface area contributed by atoms with Gasteiger partial charge < -0.3 is 180 Å². The Bertz CT molecular complexity index is 2190. The number of rotatable bonds is 22. The number of amides is 3. The Morgan fingerprint density at radius 2 is 0.529 bits per heavy atom. The van der Waals surface area contributed by atoms with E-state index in [0.717, 1.165) is 20.8 Å². The van der Waals surface area contributed by atoms with Crippen LogP contribution >= 0.6 is 0 Å². The molecule has 7 rings (SSSR count). The van der Waals surface area contributed by atoms with E-state index in [-0.39, 0.29) is 0 Å². The fourth-order valence-electron chi connectivity index (χ4n) is 11.2. The second kappa shape index (κ2) is 31.1. The van der Waals surface area contributed by atoms with E-state index in [2.05, 4.69) is 16.0 Å². The van der Waals surface area contributed by atoms with Gasteiger partial charge in [-0.2, -0.15) is 0 Å². The topological polar surface area (TPSA) is 612 Å². The number of hydrogen-bond donors (Lipinski definition) is 23. The highest BCUT2D eigenvalue weighted by Gasteiger charge is 2.59. The molecule has 7 heterocycles. The highest BCUT2D eigenvalue weighted by Crippen LogP contribution is 2.38. The van der Waals surface area contributed by atoms with Crippen LogP contribution in [0.2, 0.25) is 0 Å². The van der Waals surface area contributed by atoms with E-state index in [1.165, 1.54) is 0 Å². The van der Waals surface area contributed by atoms with E-state index in [4.69, 9.17) is 61.6 Å². The minimum absolute atomic E-state index is 0.753. The molecule has 0 aromatic rings. The predicted molar refractivity (Wildman–Crippen MR) is 267 cm³/mol. The minimum atomic E-state index is -2.29. The molecular weight excluding hydrogens is 1190 g/mol. The van der Waals surface area contributed by atoms with Crippen molar-refractivity contribution < 1.29 is 178 Å². The molecule has 39 heteroatoms. The Labute approximate surface area is 492 Å². The Hall–Kier alpha value is -2.91. The van der Waals surface area contributed by atoms with E-state index >= 15 is 0 Å². The van der Waals surface area contributed by atoms with Gasteiger partial charge >= 0.3 is 0 Å². The van der Waals surface area contributed by atoms with Gasteiger partial charge in [0.05, 0.1) is 46.2 Å². The number of carbonyl (C=O) groups excluding carboxylic acids is 3. The predicted octanol–water partition coefficient (Wildman–Crippen LogP) is -15.8. The minimum Gasteiger partial charge on any atom is -0.394 e. The van der Waals surface area contributed by atoms with Crippen LogP contribution in [0.5, 0.6) is 0 Å². The Morgan fingerprint density at radius 1 is 0.276 bits per heavy atom. The standard InChI is InChI=1S/C48H81N3O36/c1-11(59)49-21-30(68)37(83-47-35(73)41(28(66)18(8-56)78-47)87-45-32(70)31(69)24(62)14(4-52)76-45)20(10-58)80-43(21)85-39-26(64)16(6-54)77-46(33(39)71)82-36-19(9-57)81-44(22(29(36)67)50-12(2)60)86-40-27(65)17(7-55)79-48(34(40)72)84-38-23(51-13(3)61)42(74)75-15(5-53)25(38)63/h14-48,52-58,62-74H,4-10H2,1-3H3,(H,49,59)(H,50,60)(H,51,61)/t14-,15-,16-,17-,18-,19-,20-,21-,22-,23-,24+,25+,26+,27+,28+,29-,30-,31+,32-,33-,34-,35-,36-,37-,38-,39+,40+,41+,42?,43+,44+,45+,46+,47+,48+/m1/s1. The summed E-state index contributed by atoms with van der Waals surface area (Å²) in [6, 6.07) is -5.28. The van der Waals surface area contributed by atoms with Gasteiger partial charge in [-0.25, -0.2) is 0 Å². The molecule has 1 unspecified atom stereocenters. The quantitative estimate of drug-likeness (QED) is 0.0479. The van der Waals surface area contributed by atoms with Gasteiger partial charge in [-0.15, -0.1) is 0 Å². The van der Waals surface area contributed by atoms with Gasteiger partial charge in [-0.3, -0.25) is 14.4 Å². The zero-order valence-electron chi connectivity index (χ0n) is 46.6. The molecule has 87 heavy (non-hydrogen) atoms. The first-order valence-corrected chi connectivity index (χ1v) is 27.6. The molecule has 0 aliphatic carbocycles. The Morgan fingerprint density at radius 3 is 0.862 bits per heavy atom. The van der Waals surface area contributed by atoms with Gasteiger partial charge in [0.15, 0.2) is 44.0 Å². The van der Waals surface area contributed by atoms with Crippen LogP contribution in [-0.2, 0) is 76.0 Å². The van der Waals surface area contributed by atoms with Crippen molar-refractivity contribution in [3.8, 4) is 0 Å². The summed E-state index contributed by atoms with van der Waals surface area (Å²) in [5.41, 5.74) is 0. The van der Waals surface area contributed by atoms with Crippen LogP contribution in [0.15, 0.2) is 0 Å². The highest BCUT2D eigenvalue weighted by molar-refractivity contribution is 5.74. The molecule has 23 N–H and O–H groups in total. The summed E-state index contributed by atoms with van der Waals surface area (Å²) in [4.78, 5) is 37.5. The summed E-state index contributed by atoms with van der Waals surface area (Å²) in [6.07, 6.45) is -62.3. The largest absolute Gasteiger partial charge is 0.394 e. The van der Waals surface area contributed by atoms with Crippen molar-refractivity contribution in [1.29, 1.82) is 0 Å². The van der Waals surface area contributed by atoms with Crippen molar-refractivity contribution in [3.63, 3.8) is 0 Å². The van der Waals surface area contributed by atoms with Gasteiger partial charge in [-0.1, -0.05) is 0 Å². The van der Waals surface area contributed by atoms with E-state index in [1.54, 1.807) is 0 Å². The lowest BCUT2D eigenvalue weighted by atomic mass is 9.93. The van der Waals surface area contributed by atoms with Crippen molar-refractivity contribution >= 4 is 17.7 Å². The molecule has 0 radical (unpaired) electrons. The first-order chi connectivity index (χ1) is 41.2. The first kappa shape index (κ1) is 71.5. The monoisotopic (exact) mass is 1280 g/mol. The fraction of sp³-hybridized carbons (Fsp3) is 0.938. The average Bonchev–Trinajstić information content (AvgIpc) is 0.992. The number of aliphatic hydroxyl groups excluding tert-OH is 20. The lowest BCUT2D eigenvalue weighted by Crippen LogP contribution is -2.71. The van der Waals surface area contributed by atoms with Crippen LogP contribution in [0.3, 0.4) is 0 Å². The molecule has 7 aliphatic rings. The van der Waals surface area contributed by atoms with E-state index in [9.17, 15) is 117 Å². The third kappa shape index (κ3) is 15.6. The molecule has 0 spiro atoms. The zero-order valence-corrected chi connectivity index (χ0v) is 46.6. The van der Waals surface area contributed by atoms with E-state index in [0.29, 0.717) is 0 Å². The van der Waals surface area contributed by atoms with Crippen LogP contribution in [-0.4, -0.2) is 381 Å². The fourth-order valence-corrected chi connectivity index (χ4v) is 11.2. The Balaban J connectivity index is 1.08. The second-order valence-corrected chi connectivity index (χ2v) is 21.8. The first-order valence-electron chi connectivity index (χ1n) is 27.6. The van der Waals surface area contributed by atoms with Gasteiger partial charge in [0.1, 0.15) is 171 Å².